The molecule has 1 amide bonds. The summed E-state index contributed by atoms with van der Waals surface area (Å²) in [6, 6.07) is 0.169. The smallest absolute Gasteiger partial charge is 0.410 e. The van der Waals surface area contributed by atoms with Crippen LogP contribution in [-0.4, -0.2) is 53.5 Å². The van der Waals surface area contributed by atoms with Crippen LogP contribution in [0.3, 0.4) is 0 Å². The van der Waals surface area contributed by atoms with Crippen molar-refractivity contribution in [3.05, 3.63) is 11.1 Å². The zero-order valence-corrected chi connectivity index (χ0v) is 13.1. The Morgan fingerprint density at radius 3 is 2.60 bits per heavy atom. The molecule has 2 bridgehead atoms. The van der Waals surface area contributed by atoms with Gasteiger partial charge in [0.15, 0.2) is 0 Å². The Hall–Kier alpha value is -1.07. The number of aliphatic hydroxyl groups is 1. The van der Waals surface area contributed by atoms with E-state index in [1.165, 1.54) is 11.1 Å². The van der Waals surface area contributed by atoms with Crippen LogP contribution in [0.15, 0.2) is 11.1 Å². The fraction of sp³-hybridized carbons (Fsp3) is 0.800. The van der Waals surface area contributed by atoms with Crippen molar-refractivity contribution < 1.29 is 14.6 Å². The molecular weight excluding hydrogens is 256 g/mol. The molecule has 0 radical (unpaired) electrons. The summed E-state index contributed by atoms with van der Waals surface area (Å²) in [6.45, 7) is 11.2. The van der Waals surface area contributed by atoms with E-state index in [1.54, 1.807) is 4.90 Å². The number of fused-ring (bicyclic) bond motifs is 3. The van der Waals surface area contributed by atoms with Crippen LogP contribution in [-0.2, 0) is 4.74 Å². The first-order valence-electron chi connectivity index (χ1n) is 7.27. The Morgan fingerprint density at radius 1 is 1.45 bits per heavy atom. The normalized spacial score (nSPS) is 29.6. The fourth-order valence-corrected chi connectivity index (χ4v) is 3.19. The first-order valence-corrected chi connectivity index (χ1v) is 7.27. The molecule has 3 atom stereocenters. The van der Waals surface area contributed by atoms with E-state index in [0.29, 0.717) is 6.54 Å². The Bertz CT molecular complexity index is 421. The zero-order chi connectivity index (χ0) is 15.1. The van der Waals surface area contributed by atoms with E-state index < -0.39 is 5.60 Å². The van der Waals surface area contributed by atoms with Crippen molar-refractivity contribution in [2.75, 3.05) is 19.7 Å². The summed E-state index contributed by atoms with van der Waals surface area (Å²) in [7, 11) is 0. The third-order valence-corrected chi connectivity index (χ3v) is 3.96. The van der Waals surface area contributed by atoms with Gasteiger partial charge in [0.05, 0.1) is 6.04 Å². The second-order valence-corrected chi connectivity index (χ2v) is 6.85. The van der Waals surface area contributed by atoms with Crippen molar-refractivity contribution in [2.45, 2.75) is 52.3 Å². The maximum absolute atomic E-state index is 12.4. The first-order chi connectivity index (χ1) is 9.26. The van der Waals surface area contributed by atoms with Crippen molar-refractivity contribution >= 4 is 6.09 Å². The van der Waals surface area contributed by atoms with Gasteiger partial charge in [0.2, 0.25) is 0 Å². The predicted molar refractivity (Wildman–Crippen MR) is 77.5 cm³/mol. The van der Waals surface area contributed by atoms with Gasteiger partial charge < -0.3 is 15.2 Å². The summed E-state index contributed by atoms with van der Waals surface area (Å²) < 4.78 is 5.50. The molecule has 2 heterocycles. The van der Waals surface area contributed by atoms with E-state index >= 15 is 0 Å². The Morgan fingerprint density at radius 2 is 2.10 bits per heavy atom. The number of nitrogens with one attached hydrogen (secondary N) is 1. The SMILES string of the molecule is CC(C)=C1C2NCCN(C(=O)OC(C)(C)C)[C@@H]1[C@H]2CO. The average Bonchev–Trinajstić information content (AvgIpc) is 2.56. The number of carbonyl (C=O) groups is 1. The number of ether oxygens (including phenoxy) is 1. The molecule has 0 aromatic carbocycles. The van der Waals surface area contributed by atoms with E-state index in [9.17, 15) is 9.90 Å². The molecular formula is C15H26N2O3. The van der Waals surface area contributed by atoms with Crippen molar-refractivity contribution in [1.29, 1.82) is 0 Å². The molecule has 1 aliphatic carbocycles. The molecule has 2 N–H and O–H groups in total. The van der Waals surface area contributed by atoms with Crippen LogP contribution in [0.25, 0.3) is 0 Å². The van der Waals surface area contributed by atoms with Crippen LogP contribution in [0.2, 0.25) is 0 Å². The van der Waals surface area contributed by atoms with E-state index in [0.717, 1.165) is 6.54 Å². The Balaban J connectivity index is 2.25. The van der Waals surface area contributed by atoms with Crippen LogP contribution < -0.4 is 5.32 Å². The lowest BCUT2D eigenvalue weighted by atomic mass is 9.68. The van der Waals surface area contributed by atoms with Crippen LogP contribution >= 0.6 is 0 Å². The fourth-order valence-electron chi connectivity index (χ4n) is 3.19. The van der Waals surface area contributed by atoms with Crippen LogP contribution in [0.1, 0.15) is 34.6 Å². The number of hydrogen-bond donors (Lipinski definition) is 2. The molecule has 3 rings (SSSR count). The molecule has 20 heavy (non-hydrogen) atoms. The lowest BCUT2D eigenvalue weighted by Gasteiger charge is -2.49. The summed E-state index contributed by atoms with van der Waals surface area (Å²) >= 11 is 0. The maximum atomic E-state index is 12.4. The molecule has 1 saturated carbocycles. The van der Waals surface area contributed by atoms with Crippen molar-refractivity contribution in [2.24, 2.45) is 5.92 Å². The zero-order valence-electron chi connectivity index (χ0n) is 13.1. The number of amides is 1. The molecule has 2 aliphatic heterocycles. The van der Waals surface area contributed by atoms with Gasteiger partial charge in [-0.2, -0.15) is 0 Å². The summed E-state index contributed by atoms with van der Waals surface area (Å²) in [4.78, 5) is 14.2. The van der Waals surface area contributed by atoms with E-state index in [-0.39, 0.29) is 30.7 Å². The van der Waals surface area contributed by atoms with Crippen LogP contribution in [0, 0.1) is 5.92 Å². The highest BCUT2D eigenvalue weighted by Crippen LogP contribution is 2.41. The van der Waals surface area contributed by atoms with Gasteiger partial charge in [-0.25, -0.2) is 4.79 Å². The minimum Gasteiger partial charge on any atom is -0.444 e. The van der Waals surface area contributed by atoms with Gasteiger partial charge in [-0.3, -0.25) is 4.90 Å². The minimum atomic E-state index is -0.500. The molecule has 114 valence electrons. The standard InChI is InChI=1S/C15H26N2O3/c1-9(2)11-12-10(8-18)13(11)17(7-6-16-12)14(19)20-15(3,4)5/h10,12-13,16,18H,6-8H2,1-5H3/t10-,12?,13+/m0/s1. The molecule has 3 fully saturated rings. The molecule has 0 spiro atoms. The highest BCUT2D eigenvalue weighted by molar-refractivity contribution is 5.70. The molecule has 2 saturated heterocycles. The number of aliphatic hydroxyl groups excluding tert-OH is 1. The van der Waals surface area contributed by atoms with Gasteiger partial charge in [-0.1, -0.05) is 5.57 Å². The monoisotopic (exact) mass is 282 g/mol. The molecule has 3 aliphatic rings. The molecule has 5 heteroatoms. The summed E-state index contributed by atoms with van der Waals surface area (Å²) in [5, 5.41) is 13.0. The predicted octanol–water partition coefficient (Wildman–Crippen LogP) is 1.52. The minimum absolute atomic E-state index is 0.0279. The largest absolute Gasteiger partial charge is 0.444 e. The van der Waals surface area contributed by atoms with Crippen LogP contribution in [0.4, 0.5) is 4.79 Å². The molecule has 1 unspecified atom stereocenters. The third-order valence-electron chi connectivity index (χ3n) is 3.96. The lowest BCUT2D eigenvalue weighted by Crippen LogP contribution is -2.62. The number of rotatable bonds is 1. The second kappa shape index (κ2) is 5.37. The number of allylic oxidation sites excluding steroid dienone is 1. The Kier molecular flexibility index (Phi) is 4.12. The highest BCUT2D eigenvalue weighted by atomic mass is 16.6. The van der Waals surface area contributed by atoms with Crippen molar-refractivity contribution in [3.8, 4) is 0 Å². The van der Waals surface area contributed by atoms with Gasteiger partial charge >= 0.3 is 6.09 Å². The second-order valence-electron chi connectivity index (χ2n) is 6.85. The van der Waals surface area contributed by atoms with Gasteiger partial charge in [0.1, 0.15) is 5.60 Å². The highest BCUT2D eigenvalue weighted by Gasteiger charge is 2.52. The van der Waals surface area contributed by atoms with Crippen molar-refractivity contribution in [3.63, 3.8) is 0 Å². The number of carbonyl (C=O) groups excluding carboxylic acids is 1. The van der Waals surface area contributed by atoms with Crippen molar-refractivity contribution in [1.82, 2.24) is 10.2 Å². The summed E-state index contributed by atoms with van der Waals surface area (Å²) in [6.07, 6.45) is -0.290. The van der Waals surface area contributed by atoms with E-state index in [2.05, 4.69) is 19.2 Å². The Labute approximate surface area is 121 Å². The summed E-state index contributed by atoms with van der Waals surface area (Å²) in [5.41, 5.74) is 1.94. The number of hydrogen-bond acceptors (Lipinski definition) is 4. The molecule has 5 nitrogen and oxygen atoms in total. The van der Waals surface area contributed by atoms with E-state index in [1.807, 2.05) is 20.8 Å². The number of nitrogens with zero attached hydrogens (tertiary/aromatic N) is 1. The summed E-state index contributed by atoms with van der Waals surface area (Å²) in [5.74, 6) is 0.0647. The van der Waals surface area contributed by atoms with Gasteiger partial charge in [-0.15, -0.1) is 0 Å². The molecule has 0 aromatic heterocycles. The maximum Gasteiger partial charge on any atom is 0.410 e. The lowest BCUT2D eigenvalue weighted by molar-refractivity contribution is 0.00280. The van der Waals surface area contributed by atoms with Crippen LogP contribution in [0.5, 0.6) is 0 Å². The topological polar surface area (TPSA) is 61.8 Å². The van der Waals surface area contributed by atoms with Gasteiger partial charge in [-0.05, 0) is 40.2 Å². The van der Waals surface area contributed by atoms with Gasteiger partial charge in [0, 0.05) is 31.7 Å². The van der Waals surface area contributed by atoms with E-state index in [4.69, 9.17) is 4.74 Å². The van der Waals surface area contributed by atoms with Gasteiger partial charge in [0.25, 0.3) is 0 Å². The first kappa shape index (κ1) is 15.3. The quantitative estimate of drug-likeness (QED) is 0.716. The average molecular weight is 282 g/mol. The third kappa shape index (κ3) is 2.69. The molecule has 0 aromatic rings.